The lowest BCUT2D eigenvalue weighted by Gasteiger charge is -2.13. The van der Waals surface area contributed by atoms with E-state index < -0.39 is 11.6 Å². The molecule has 6 heteroatoms. The molecule has 126 valence electrons. The molecule has 0 spiro atoms. The number of rotatable bonds is 5. The van der Waals surface area contributed by atoms with Crippen LogP contribution in [0, 0.1) is 17.0 Å². The summed E-state index contributed by atoms with van der Waals surface area (Å²) in [6.07, 6.45) is 0.818. The van der Waals surface area contributed by atoms with Crippen molar-refractivity contribution in [3.05, 3.63) is 65.7 Å². The Labute approximate surface area is 139 Å². The van der Waals surface area contributed by atoms with Gasteiger partial charge < -0.3 is 16.2 Å². The first-order chi connectivity index (χ1) is 11.5. The van der Waals surface area contributed by atoms with Gasteiger partial charge in [-0.05, 0) is 30.0 Å². The molecule has 2 aromatic carbocycles. The molecule has 1 aliphatic carbocycles. The van der Waals surface area contributed by atoms with Crippen LogP contribution in [0.1, 0.15) is 17.9 Å². The second-order valence-corrected chi connectivity index (χ2v) is 6.14. The lowest BCUT2D eigenvalue weighted by molar-refractivity contribution is 0.212. The Bertz CT molecular complexity index is 751. The number of guanidine groups is 1. The van der Waals surface area contributed by atoms with Crippen molar-refractivity contribution in [3.63, 3.8) is 0 Å². The number of nitrogens with zero attached hydrogens (tertiary/aromatic N) is 1. The monoisotopic (exact) mass is 331 g/mol. The molecule has 0 amide bonds. The predicted octanol–water partition coefficient (Wildman–Crippen LogP) is 2.86. The Morgan fingerprint density at radius 1 is 1.25 bits per heavy atom. The molecule has 2 unspecified atom stereocenters. The molecule has 1 saturated carbocycles. The van der Waals surface area contributed by atoms with E-state index in [1.54, 1.807) is 0 Å². The fraction of sp³-hybridized carbons (Fsp3) is 0.278. The second-order valence-electron chi connectivity index (χ2n) is 6.14. The van der Waals surface area contributed by atoms with Crippen molar-refractivity contribution in [3.8, 4) is 0 Å². The summed E-state index contributed by atoms with van der Waals surface area (Å²) in [5.41, 5.74) is 6.52. The van der Waals surface area contributed by atoms with E-state index in [9.17, 15) is 13.9 Å². The van der Waals surface area contributed by atoms with Crippen LogP contribution in [-0.2, 0) is 0 Å². The van der Waals surface area contributed by atoms with Gasteiger partial charge in [-0.15, -0.1) is 0 Å². The molecule has 24 heavy (non-hydrogen) atoms. The number of aliphatic hydroxyl groups is 1. The Kier molecular flexibility index (Phi) is 4.49. The lowest BCUT2D eigenvalue weighted by atomic mass is 10.00. The maximum absolute atomic E-state index is 13.6. The van der Waals surface area contributed by atoms with Crippen LogP contribution in [0.2, 0.25) is 0 Å². The summed E-state index contributed by atoms with van der Waals surface area (Å²) in [6.45, 7) is 0.316. The molecule has 0 aliphatic heterocycles. The zero-order valence-corrected chi connectivity index (χ0v) is 13.0. The number of aliphatic imine (C=N–C) groups is 1. The van der Waals surface area contributed by atoms with Crippen LogP contribution in [0.15, 0.2) is 53.5 Å². The third-order valence-corrected chi connectivity index (χ3v) is 4.46. The quantitative estimate of drug-likeness (QED) is 0.583. The average Bonchev–Trinajstić information content (AvgIpc) is 3.32. The van der Waals surface area contributed by atoms with Crippen LogP contribution < -0.4 is 11.1 Å². The van der Waals surface area contributed by atoms with E-state index in [2.05, 4.69) is 10.3 Å². The molecule has 0 aromatic heterocycles. The van der Waals surface area contributed by atoms with Crippen LogP contribution in [0.25, 0.3) is 0 Å². The zero-order valence-electron chi connectivity index (χ0n) is 13.0. The van der Waals surface area contributed by atoms with Crippen LogP contribution in [0.4, 0.5) is 14.5 Å². The fourth-order valence-electron chi connectivity index (χ4n) is 2.92. The van der Waals surface area contributed by atoms with Crippen molar-refractivity contribution < 1.29 is 13.9 Å². The Balaban J connectivity index is 1.67. The smallest absolute Gasteiger partial charge is 0.193 e. The number of aliphatic hydroxyl groups excluding tert-OH is 1. The highest BCUT2D eigenvalue weighted by Gasteiger charge is 2.54. The molecule has 4 N–H and O–H groups in total. The SMILES string of the molecule is NC(=NCC1(CO)CC1c1ccccc1)Nc1cc(F)ccc1F. The van der Waals surface area contributed by atoms with Gasteiger partial charge in [0.15, 0.2) is 5.96 Å². The van der Waals surface area contributed by atoms with E-state index in [1.165, 1.54) is 0 Å². The highest BCUT2D eigenvalue weighted by Crippen LogP contribution is 2.59. The standard InChI is InChI=1S/C18H19F2N3O/c19-13-6-7-15(20)16(8-13)23-17(21)22-10-18(11-24)9-14(18)12-4-2-1-3-5-12/h1-8,14,24H,9-11H2,(H3,21,22,23). The van der Waals surface area contributed by atoms with Crippen LogP contribution in [0.5, 0.6) is 0 Å². The molecule has 3 rings (SSSR count). The molecule has 0 bridgehead atoms. The second kappa shape index (κ2) is 6.57. The summed E-state index contributed by atoms with van der Waals surface area (Å²) in [5.74, 6) is -0.956. The van der Waals surface area contributed by atoms with Gasteiger partial charge in [0.1, 0.15) is 11.6 Å². The number of hydrogen-bond donors (Lipinski definition) is 3. The molecule has 1 aliphatic rings. The summed E-state index contributed by atoms with van der Waals surface area (Å²) in [6, 6.07) is 13.0. The number of nitrogens with two attached hydrogens (primary N) is 1. The van der Waals surface area contributed by atoms with Gasteiger partial charge in [0, 0.05) is 11.5 Å². The minimum absolute atomic E-state index is 0.00231. The van der Waals surface area contributed by atoms with Crippen molar-refractivity contribution in [1.82, 2.24) is 0 Å². The van der Waals surface area contributed by atoms with Crippen LogP contribution in [-0.4, -0.2) is 24.2 Å². The van der Waals surface area contributed by atoms with Crippen molar-refractivity contribution in [1.29, 1.82) is 0 Å². The van der Waals surface area contributed by atoms with Crippen molar-refractivity contribution in [2.75, 3.05) is 18.5 Å². The summed E-state index contributed by atoms with van der Waals surface area (Å²) in [5, 5.41) is 12.3. The molecule has 0 saturated heterocycles. The molecule has 4 nitrogen and oxygen atoms in total. The lowest BCUT2D eigenvalue weighted by Crippen LogP contribution is -2.25. The van der Waals surface area contributed by atoms with Crippen LogP contribution >= 0.6 is 0 Å². The van der Waals surface area contributed by atoms with E-state index in [0.717, 1.165) is 30.2 Å². The van der Waals surface area contributed by atoms with Gasteiger partial charge in [0.05, 0.1) is 18.8 Å². The summed E-state index contributed by atoms with van der Waals surface area (Å²) in [4.78, 5) is 4.21. The van der Waals surface area contributed by atoms with E-state index in [0.29, 0.717) is 6.54 Å². The highest BCUT2D eigenvalue weighted by molar-refractivity contribution is 5.92. The van der Waals surface area contributed by atoms with Crippen LogP contribution in [0.3, 0.4) is 0 Å². The van der Waals surface area contributed by atoms with E-state index in [4.69, 9.17) is 5.73 Å². The molecule has 1 fully saturated rings. The predicted molar refractivity (Wildman–Crippen MR) is 89.8 cm³/mol. The normalized spacial score (nSPS) is 23.1. The third-order valence-electron chi connectivity index (χ3n) is 4.46. The van der Waals surface area contributed by atoms with Crippen molar-refractivity contribution in [2.45, 2.75) is 12.3 Å². The summed E-state index contributed by atoms with van der Waals surface area (Å²) in [7, 11) is 0. The van der Waals surface area contributed by atoms with Gasteiger partial charge in [-0.2, -0.15) is 0 Å². The molecular weight excluding hydrogens is 312 g/mol. The topological polar surface area (TPSA) is 70.6 Å². The first-order valence-corrected chi connectivity index (χ1v) is 7.72. The highest BCUT2D eigenvalue weighted by atomic mass is 19.1. The first-order valence-electron chi connectivity index (χ1n) is 7.72. The van der Waals surface area contributed by atoms with Gasteiger partial charge in [-0.25, -0.2) is 8.78 Å². The zero-order chi connectivity index (χ0) is 17.2. The fourth-order valence-corrected chi connectivity index (χ4v) is 2.92. The number of hydrogen-bond acceptors (Lipinski definition) is 2. The molecule has 0 heterocycles. The number of nitrogens with one attached hydrogen (secondary N) is 1. The number of benzene rings is 2. The number of halogens is 2. The molecule has 2 aromatic rings. The summed E-state index contributed by atoms with van der Waals surface area (Å²) >= 11 is 0. The summed E-state index contributed by atoms with van der Waals surface area (Å²) < 4.78 is 26.7. The largest absolute Gasteiger partial charge is 0.396 e. The Hall–Kier alpha value is -2.47. The van der Waals surface area contributed by atoms with Gasteiger partial charge >= 0.3 is 0 Å². The van der Waals surface area contributed by atoms with Gasteiger partial charge in [-0.1, -0.05) is 30.3 Å². The van der Waals surface area contributed by atoms with Crippen molar-refractivity contribution in [2.24, 2.45) is 16.1 Å². The van der Waals surface area contributed by atoms with Crippen molar-refractivity contribution >= 4 is 11.6 Å². The maximum atomic E-state index is 13.6. The first kappa shape index (κ1) is 16.4. The maximum Gasteiger partial charge on any atom is 0.193 e. The van der Waals surface area contributed by atoms with E-state index in [-0.39, 0.29) is 29.6 Å². The minimum atomic E-state index is -0.611. The Morgan fingerprint density at radius 3 is 2.71 bits per heavy atom. The molecule has 0 radical (unpaired) electrons. The van der Waals surface area contributed by atoms with Gasteiger partial charge in [0.25, 0.3) is 0 Å². The third kappa shape index (κ3) is 3.38. The molecular formula is C18H19F2N3O. The molecule has 2 atom stereocenters. The van der Waals surface area contributed by atoms with Gasteiger partial charge in [-0.3, -0.25) is 4.99 Å². The van der Waals surface area contributed by atoms with E-state index in [1.807, 2.05) is 30.3 Å². The van der Waals surface area contributed by atoms with E-state index >= 15 is 0 Å². The van der Waals surface area contributed by atoms with Gasteiger partial charge in [0.2, 0.25) is 0 Å². The Morgan fingerprint density at radius 2 is 2.00 bits per heavy atom. The minimum Gasteiger partial charge on any atom is -0.396 e. The average molecular weight is 331 g/mol. The number of anilines is 1.